The molecule has 1 saturated heterocycles. The number of furan rings is 1. The van der Waals surface area contributed by atoms with Crippen LogP contribution in [0.5, 0.6) is 0 Å². The summed E-state index contributed by atoms with van der Waals surface area (Å²) in [6.07, 6.45) is 5.12. The van der Waals surface area contributed by atoms with E-state index in [-0.39, 0.29) is 0 Å². The van der Waals surface area contributed by atoms with Gasteiger partial charge in [-0.05, 0) is 25.5 Å². The molecule has 2 aromatic rings. The van der Waals surface area contributed by atoms with Crippen LogP contribution in [0, 0.1) is 0 Å². The highest BCUT2D eigenvalue weighted by atomic mass is 16.5. The Labute approximate surface area is 166 Å². The fourth-order valence-electron chi connectivity index (χ4n) is 3.18. The highest BCUT2D eigenvalue weighted by Gasteiger charge is 2.20. The van der Waals surface area contributed by atoms with E-state index in [0.29, 0.717) is 0 Å². The van der Waals surface area contributed by atoms with Crippen LogP contribution in [0.1, 0.15) is 24.8 Å². The first-order valence-electron chi connectivity index (χ1n) is 10.1. The molecule has 0 spiro atoms. The Kier molecular flexibility index (Phi) is 8.39. The average Bonchev–Trinajstić information content (AvgIpc) is 3.41. The Morgan fingerprint density at radius 3 is 2.86 bits per heavy atom. The van der Waals surface area contributed by atoms with E-state index >= 15 is 0 Å². The van der Waals surface area contributed by atoms with Crippen LogP contribution in [0.4, 0.5) is 0 Å². The van der Waals surface area contributed by atoms with Gasteiger partial charge in [-0.1, -0.05) is 5.16 Å². The maximum absolute atomic E-state index is 5.42. The lowest BCUT2D eigenvalue weighted by Gasteiger charge is -2.36. The van der Waals surface area contributed by atoms with E-state index in [9.17, 15) is 0 Å². The fourth-order valence-corrected chi connectivity index (χ4v) is 3.18. The topological polar surface area (TPSA) is 79.3 Å². The second kappa shape index (κ2) is 11.5. The van der Waals surface area contributed by atoms with Crippen molar-refractivity contribution in [2.75, 3.05) is 52.5 Å². The van der Waals surface area contributed by atoms with E-state index in [1.807, 2.05) is 25.1 Å². The van der Waals surface area contributed by atoms with Crippen LogP contribution in [0.2, 0.25) is 0 Å². The Hall–Kier alpha value is -2.32. The molecular weight excluding hydrogens is 358 g/mol. The third-order valence-electron chi connectivity index (χ3n) is 4.70. The maximum Gasteiger partial charge on any atom is 0.194 e. The van der Waals surface area contributed by atoms with Gasteiger partial charge in [-0.25, -0.2) is 0 Å². The normalized spacial score (nSPS) is 15.9. The van der Waals surface area contributed by atoms with Crippen molar-refractivity contribution in [1.29, 1.82) is 0 Å². The van der Waals surface area contributed by atoms with Gasteiger partial charge in [0.05, 0.1) is 12.0 Å². The molecule has 0 bridgehead atoms. The van der Waals surface area contributed by atoms with Gasteiger partial charge < -0.3 is 23.9 Å². The number of hydrogen-bond donors (Lipinski definition) is 1. The Bertz CT molecular complexity index is 664. The Morgan fingerprint density at radius 1 is 1.25 bits per heavy atom. The van der Waals surface area contributed by atoms with Crippen LogP contribution >= 0.6 is 0 Å². The van der Waals surface area contributed by atoms with Gasteiger partial charge in [-0.2, -0.15) is 0 Å². The van der Waals surface area contributed by atoms with Crippen molar-refractivity contribution in [3.8, 4) is 0 Å². The highest BCUT2D eigenvalue weighted by Crippen LogP contribution is 2.08. The van der Waals surface area contributed by atoms with Crippen LogP contribution in [-0.2, 0) is 17.7 Å². The van der Waals surface area contributed by atoms with E-state index < -0.39 is 0 Å². The van der Waals surface area contributed by atoms with Crippen molar-refractivity contribution in [2.24, 2.45) is 4.99 Å². The van der Waals surface area contributed by atoms with Crippen molar-refractivity contribution < 1.29 is 13.7 Å². The zero-order valence-electron chi connectivity index (χ0n) is 16.7. The molecule has 1 fully saturated rings. The summed E-state index contributed by atoms with van der Waals surface area (Å²) in [7, 11) is 0. The molecule has 28 heavy (non-hydrogen) atoms. The lowest BCUT2D eigenvalue weighted by molar-refractivity contribution is 0.146. The van der Waals surface area contributed by atoms with Crippen molar-refractivity contribution in [2.45, 2.75) is 26.3 Å². The van der Waals surface area contributed by atoms with Gasteiger partial charge in [0, 0.05) is 71.5 Å². The lowest BCUT2D eigenvalue weighted by atomic mass is 10.3. The number of hydrogen-bond acceptors (Lipinski definition) is 6. The standard InChI is InChI=1S/C20H31N5O3/c1-2-26-14-4-8-21-20(22-9-6-19-5-3-15-27-19)25-12-10-24(11-13-25)17-18-7-16-28-23-18/h3,5,7,15-16H,2,4,6,8-14,17H2,1H3,(H,21,22). The summed E-state index contributed by atoms with van der Waals surface area (Å²) >= 11 is 0. The molecule has 0 aromatic carbocycles. The molecule has 8 heteroatoms. The molecule has 0 aliphatic carbocycles. The quantitative estimate of drug-likeness (QED) is 0.378. The molecule has 1 N–H and O–H groups in total. The summed E-state index contributed by atoms with van der Waals surface area (Å²) in [4.78, 5) is 9.54. The smallest absolute Gasteiger partial charge is 0.194 e. The second-order valence-corrected chi connectivity index (χ2v) is 6.77. The first-order valence-corrected chi connectivity index (χ1v) is 10.1. The number of rotatable bonds is 10. The van der Waals surface area contributed by atoms with Crippen LogP contribution in [-0.4, -0.2) is 73.4 Å². The number of nitrogens with one attached hydrogen (secondary N) is 1. The zero-order chi connectivity index (χ0) is 19.4. The summed E-state index contributed by atoms with van der Waals surface area (Å²) in [5.74, 6) is 1.96. The molecular formula is C20H31N5O3. The van der Waals surface area contributed by atoms with Gasteiger partial charge >= 0.3 is 0 Å². The van der Waals surface area contributed by atoms with Crippen LogP contribution in [0.15, 0.2) is 44.7 Å². The number of aromatic nitrogens is 1. The summed E-state index contributed by atoms with van der Waals surface area (Å²) in [6, 6.07) is 5.85. The van der Waals surface area contributed by atoms with Gasteiger partial charge in [0.1, 0.15) is 12.0 Å². The first-order chi connectivity index (χ1) is 13.8. The highest BCUT2D eigenvalue weighted by molar-refractivity contribution is 5.80. The molecule has 2 aromatic heterocycles. The van der Waals surface area contributed by atoms with E-state index in [1.54, 1.807) is 12.5 Å². The van der Waals surface area contributed by atoms with E-state index in [2.05, 4.69) is 20.3 Å². The monoisotopic (exact) mass is 389 g/mol. The number of aliphatic imine (C=N–C) groups is 1. The molecule has 154 valence electrons. The van der Waals surface area contributed by atoms with Gasteiger partial charge in [0.25, 0.3) is 0 Å². The van der Waals surface area contributed by atoms with Gasteiger partial charge in [-0.3, -0.25) is 9.89 Å². The molecule has 1 aliphatic heterocycles. The van der Waals surface area contributed by atoms with Gasteiger partial charge in [0.15, 0.2) is 5.96 Å². The van der Waals surface area contributed by atoms with Gasteiger partial charge in [-0.15, -0.1) is 0 Å². The van der Waals surface area contributed by atoms with Crippen LogP contribution < -0.4 is 5.32 Å². The number of piperazine rings is 1. The van der Waals surface area contributed by atoms with Gasteiger partial charge in [0.2, 0.25) is 0 Å². The SMILES string of the molecule is CCOCCCN=C(NCCc1ccco1)N1CCN(Cc2ccon2)CC1. The number of nitrogens with zero attached hydrogens (tertiary/aromatic N) is 4. The predicted octanol–water partition coefficient (Wildman–Crippen LogP) is 2.00. The Morgan fingerprint density at radius 2 is 2.14 bits per heavy atom. The first kappa shape index (κ1) is 20.4. The lowest BCUT2D eigenvalue weighted by Crippen LogP contribution is -2.52. The fraction of sp³-hybridized carbons (Fsp3) is 0.600. The van der Waals surface area contributed by atoms with E-state index in [1.165, 1.54) is 0 Å². The zero-order valence-corrected chi connectivity index (χ0v) is 16.7. The summed E-state index contributed by atoms with van der Waals surface area (Å²) in [5, 5.41) is 7.52. The summed E-state index contributed by atoms with van der Waals surface area (Å²) in [6.45, 7) is 9.76. The van der Waals surface area contributed by atoms with Crippen molar-refractivity contribution in [3.05, 3.63) is 42.2 Å². The largest absolute Gasteiger partial charge is 0.469 e. The van der Waals surface area contributed by atoms with Crippen molar-refractivity contribution in [3.63, 3.8) is 0 Å². The second-order valence-electron chi connectivity index (χ2n) is 6.77. The minimum Gasteiger partial charge on any atom is -0.469 e. The van der Waals surface area contributed by atoms with Crippen LogP contribution in [0.3, 0.4) is 0 Å². The third kappa shape index (κ3) is 6.69. The number of guanidine groups is 1. The molecule has 0 unspecified atom stereocenters. The van der Waals surface area contributed by atoms with E-state index in [0.717, 1.165) is 89.3 Å². The predicted molar refractivity (Wildman–Crippen MR) is 107 cm³/mol. The van der Waals surface area contributed by atoms with E-state index in [4.69, 9.17) is 18.7 Å². The third-order valence-corrected chi connectivity index (χ3v) is 4.70. The average molecular weight is 390 g/mol. The minimum absolute atomic E-state index is 0.755. The summed E-state index contributed by atoms with van der Waals surface area (Å²) < 4.78 is 15.8. The molecule has 0 radical (unpaired) electrons. The molecule has 0 atom stereocenters. The molecule has 8 nitrogen and oxygen atoms in total. The molecule has 0 saturated carbocycles. The molecule has 3 heterocycles. The minimum atomic E-state index is 0.755. The molecule has 0 amide bonds. The molecule has 3 rings (SSSR count). The molecule has 1 aliphatic rings. The van der Waals surface area contributed by atoms with Crippen LogP contribution in [0.25, 0.3) is 0 Å². The summed E-state index contributed by atoms with van der Waals surface area (Å²) in [5.41, 5.74) is 0.981. The maximum atomic E-state index is 5.42. The number of ether oxygens (including phenoxy) is 1. The van der Waals surface area contributed by atoms with Crippen molar-refractivity contribution >= 4 is 5.96 Å². The van der Waals surface area contributed by atoms with Crippen molar-refractivity contribution in [1.82, 2.24) is 20.3 Å². The Balaban J connectivity index is 1.48.